The Hall–Kier alpha value is -3.03. The van der Waals surface area contributed by atoms with Crippen LogP contribution in [0.15, 0.2) is 59.0 Å². The summed E-state index contributed by atoms with van der Waals surface area (Å²) in [5.74, 6) is 1.81. The first kappa shape index (κ1) is 30.4. The molecule has 42 heavy (non-hydrogen) atoms. The molecule has 7 heteroatoms. The first-order chi connectivity index (χ1) is 20.2. The molecule has 1 saturated carbocycles. The predicted molar refractivity (Wildman–Crippen MR) is 163 cm³/mol. The fraction of sp³-hybridized carbons (Fsp3) is 0.543. The zero-order valence-corrected chi connectivity index (χ0v) is 25.5. The Balaban J connectivity index is 1.26. The first-order valence-electron chi connectivity index (χ1n) is 15.7. The molecule has 0 amide bonds. The van der Waals surface area contributed by atoms with Crippen molar-refractivity contribution in [2.24, 2.45) is 11.8 Å². The molecule has 1 aromatic heterocycles. The highest BCUT2D eigenvalue weighted by molar-refractivity contribution is 5.73. The molecule has 1 saturated heterocycles. The predicted octanol–water partition coefficient (Wildman–Crippen LogP) is 6.75. The van der Waals surface area contributed by atoms with Crippen molar-refractivity contribution in [2.75, 3.05) is 26.7 Å². The van der Waals surface area contributed by atoms with Gasteiger partial charge in [-0.1, -0.05) is 63.2 Å². The zero-order valence-electron chi connectivity index (χ0n) is 25.5. The van der Waals surface area contributed by atoms with E-state index in [0.717, 1.165) is 74.6 Å². The maximum absolute atomic E-state index is 14.3. The van der Waals surface area contributed by atoms with Gasteiger partial charge in [-0.3, -0.25) is 9.69 Å². The van der Waals surface area contributed by atoms with Gasteiger partial charge < -0.3 is 14.4 Å². The standard InChI is InChI=1S/C35H46FN3O3/c1-5-31-34(42-32(37-31)18-24-10-7-6-8-11-24)25-14-16-39(17-15-25)22-27-20-29(38(4)33(23(2)3)35(40)41)21-30(27)26-12-9-13-28(36)19-26/h6-13,19,23,25,27,29-30,33H,5,14-18,20-22H2,1-4H3,(H,40,41)/t27?,29?,30?,33-/m1/s1. The Morgan fingerprint density at radius 2 is 1.86 bits per heavy atom. The molecule has 1 aliphatic carbocycles. The third-order valence-corrected chi connectivity index (χ3v) is 9.60. The van der Waals surface area contributed by atoms with Crippen molar-refractivity contribution in [2.45, 2.75) is 83.2 Å². The van der Waals surface area contributed by atoms with Gasteiger partial charge in [-0.2, -0.15) is 0 Å². The molecule has 1 aliphatic heterocycles. The van der Waals surface area contributed by atoms with E-state index in [1.54, 1.807) is 12.1 Å². The van der Waals surface area contributed by atoms with Crippen molar-refractivity contribution in [3.63, 3.8) is 0 Å². The second kappa shape index (κ2) is 13.5. The average Bonchev–Trinajstić information content (AvgIpc) is 3.58. The van der Waals surface area contributed by atoms with Crippen LogP contribution < -0.4 is 0 Å². The summed E-state index contributed by atoms with van der Waals surface area (Å²) in [5, 5.41) is 9.94. The van der Waals surface area contributed by atoms with Crippen molar-refractivity contribution in [1.29, 1.82) is 0 Å². The van der Waals surface area contributed by atoms with Gasteiger partial charge in [0.05, 0.1) is 5.69 Å². The van der Waals surface area contributed by atoms with Gasteiger partial charge >= 0.3 is 5.97 Å². The molecule has 226 valence electrons. The van der Waals surface area contributed by atoms with Gasteiger partial charge in [-0.05, 0) is 93.3 Å². The number of hydrogen-bond acceptors (Lipinski definition) is 5. The smallest absolute Gasteiger partial charge is 0.321 e. The van der Waals surface area contributed by atoms with Crippen LogP contribution in [-0.2, 0) is 17.6 Å². The third-order valence-electron chi connectivity index (χ3n) is 9.60. The van der Waals surface area contributed by atoms with Gasteiger partial charge in [0.15, 0.2) is 5.89 Å². The van der Waals surface area contributed by atoms with E-state index in [1.807, 2.05) is 45.2 Å². The van der Waals surface area contributed by atoms with E-state index in [0.29, 0.717) is 18.3 Å². The van der Waals surface area contributed by atoms with E-state index in [4.69, 9.17) is 9.40 Å². The number of carboxylic acids is 1. The molecule has 0 spiro atoms. The number of aryl methyl sites for hydroxylation is 1. The largest absolute Gasteiger partial charge is 0.480 e. The molecular formula is C35H46FN3O3. The minimum absolute atomic E-state index is 0.00973. The van der Waals surface area contributed by atoms with Crippen LogP contribution in [0.25, 0.3) is 0 Å². The maximum atomic E-state index is 14.3. The fourth-order valence-electron chi connectivity index (χ4n) is 7.47. The lowest BCUT2D eigenvalue weighted by Gasteiger charge is -2.35. The number of likely N-dealkylation sites (tertiary alicyclic amines) is 1. The zero-order chi connectivity index (χ0) is 29.8. The number of piperidine rings is 1. The van der Waals surface area contributed by atoms with Gasteiger partial charge in [0.2, 0.25) is 0 Å². The van der Waals surface area contributed by atoms with Gasteiger partial charge in [-0.15, -0.1) is 0 Å². The summed E-state index contributed by atoms with van der Waals surface area (Å²) in [6.07, 6.45) is 5.40. The fourth-order valence-corrected chi connectivity index (χ4v) is 7.47. The van der Waals surface area contributed by atoms with E-state index >= 15 is 0 Å². The van der Waals surface area contributed by atoms with E-state index < -0.39 is 12.0 Å². The van der Waals surface area contributed by atoms with Crippen LogP contribution >= 0.6 is 0 Å². The summed E-state index contributed by atoms with van der Waals surface area (Å²) >= 11 is 0. The number of aliphatic carboxylic acids is 1. The number of carbonyl (C=O) groups is 1. The summed E-state index contributed by atoms with van der Waals surface area (Å²) < 4.78 is 20.7. The number of oxazole rings is 1. The minimum Gasteiger partial charge on any atom is -0.480 e. The van der Waals surface area contributed by atoms with Crippen LogP contribution in [0.3, 0.4) is 0 Å². The molecule has 3 aromatic rings. The molecule has 6 nitrogen and oxygen atoms in total. The molecular weight excluding hydrogens is 529 g/mol. The number of nitrogens with zero attached hydrogens (tertiary/aromatic N) is 3. The Kier molecular flexibility index (Phi) is 9.79. The third kappa shape index (κ3) is 6.95. The minimum atomic E-state index is -0.772. The molecule has 5 rings (SSSR count). The monoisotopic (exact) mass is 575 g/mol. The lowest BCUT2D eigenvalue weighted by Crippen LogP contribution is -2.47. The Bertz CT molecular complexity index is 1320. The summed E-state index contributed by atoms with van der Waals surface area (Å²) in [4.78, 5) is 21.6. The lowest BCUT2D eigenvalue weighted by molar-refractivity contribution is -0.145. The SMILES string of the molecule is CCc1nc(Cc2ccccc2)oc1C1CCN(CC2CC(N(C)[C@@H](C(=O)O)C(C)C)CC2c2cccc(F)c2)CC1. The quantitative estimate of drug-likeness (QED) is 0.273. The van der Waals surface area contributed by atoms with Crippen LogP contribution in [0.5, 0.6) is 0 Å². The number of halogens is 1. The summed E-state index contributed by atoms with van der Waals surface area (Å²) in [6.45, 7) is 9.00. The maximum Gasteiger partial charge on any atom is 0.321 e. The second-order valence-corrected chi connectivity index (χ2v) is 12.7. The van der Waals surface area contributed by atoms with Gasteiger partial charge in [0.1, 0.15) is 17.6 Å². The van der Waals surface area contributed by atoms with Crippen LogP contribution in [0.1, 0.15) is 86.8 Å². The summed E-state index contributed by atoms with van der Waals surface area (Å²) in [7, 11) is 1.95. The van der Waals surface area contributed by atoms with E-state index in [-0.39, 0.29) is 23.7 Å². The lowest BCUT2D eigenvalue weighted by atomic mass is 9.87. The number of aromatic nitrogens is 1. The molecule has 4 atom stereocenters. The second-order valence-electron chi connectivity index (χ2n) is 12.7. The molecule has 2 aromatic carbocycles. The van der Waals surface area contributed by atoms with E-state index in [1.165, 1.54) is 11.6 Å². The van der Waals surface area contributed by atoms with Crippen molar-refractivity contribution in [3.8, 4) is 0 Å². The number of likely N-dealkylation sites (N-methyl/N-ethyl adjacent to an activating group) is 1. The summed E-state index contributed by atoms with van der Waals surface area (Å²) in [5.41, 5.74) is 3.33. The summed E-state index contributed by atoms with van der Waals surface area (Å²) in [6, 6.07) is 17.0. The molecule has 0 bridgehead atoms. The van der Waals surface area contributed by atoms with Crippen LogP contribution in [0.2, 0.25) is 0 Å². The number of carboxylic acid groups (broad SMARTS) is 1. The molecule has 3 unspecified atom stereocenters. The number of hydrogen-bond donors (Lipinski definition) is 1. The first-order valence-corrected chi connectivity index (χ1v) is 15.7. The highest BCUT2D eigenvalue weighted by Gasteiger charge is 2.42. The Morgan fingerprint density at radius 1 is 1.12 bits per heavy atom. The number of rotatable bonds is 11. The van der Waals surface area contributed by atoms with Gasteiger partial charge in [0, 0.05) is 24.9 Å². The van der Waals surface area contributed by atoms with Crippen LogP contribution in [0.4, 0.5) is 4.39 Å². The molecule has 2 aliphatic rings. The van der Waals surface area contributed by atoms with E-state index in [2.05, 4.69) is 28.9 Å². The van der Waals surface area contributed by atoms with Crippen molar-refractivity contribution < 1.29 is 18.7 Å². The normalized spacial score (nSPS) is 22.7. The van der Waals surface area contributed by atoms with Crippen molar-refractivity contribution in [3.05, 3.63) is 88.9 Å². The van der Waals surface area contributed by atoms with Gasteiger partial charge in [0.25, 0.3) is 0 Å². The highest BCUT2D eigenvalue weighted by atomic mass is 19.1. The Morgan fingerprint density at radius 3 is 2.50 bits per heavy atom. The molecule has 2 heterocycles. The Labute approximate surface area is 249 Å². The van der Waals surface area contributed by atoms with Crippen molar-refractivity contribution in [1.82, 2.24) is 14.8 Å². The molecule has 2 fully saturated rings. The number of benzene rings is 2. The van der Waals surface area contributed by atoms with Gasteiger partial charge in [-0.25, -0.2) is 9.37 Å². The van der Waals surface area contributed by atoms with Crippen LogP contribution in [-0.4, -0.2) is 64.6 Å². The topological polar surface area (TPSA) is 69.8 Å². The molecule has 0 radical (unpaired) electrons. The van der Waals surface area contributed by atoms with Crippen molar-refractivity contribution >= 4 is 5.97 Å². The van der Waals surface area contributed by atoms with Crippen LogP contribution in [0, 0.1) is 17.7 Å². The average molecular weight is 576 g/mol. The van der Waals surface area contributed by atoms with E-state index in [9.17, 15) is 14.3 Å². The molecule has 1 N–H and O–H groups in total. The highest BCUT2D eigenvalue weighted by Crippen LogP contribution is 2.44.